The van der Waals surface area contributed by atoms with Crippen LogP contribution in [0.2, 0.25) is 0 Å². The van der Waals surface area contributed by atoms with E-state index < -0.39 is 11.0 Å². The van der Waals surface area contributed by atoms with Gasteiger partial charge in [-0.2, -0.15) is 0 Å². The fourth-order valence-electron chi connectivity index (χ4n) is 1.92. The number of rotatable bonds is 5. The molecule has 110 valence electrons. The van der Waals surface area contributed by atoms with Gasteiger partial charge in [0.05, 0.1) is 11.0 Å². The summed E-state index contributed by atoms with van der Waals surface area (Å²) >= 11 is 0. The van der Waals surface area contributed by atoms with Crippen LogP contribution in [0.5, 0.6) is 0 Å². The molecular weight excluding hydrogens is 258 g/mol. The quantitative estimate of drug-likeness (QED) is 0.661. The Morgan fingerprint density at radius 1 is 1.50 bits per heavy atom. The number of hydrogen-bond acceptors (Lipinski definition) is 5. The molecule has 0 saturated carbocycles. The number of nitrogens with zero attached hydrogens (tertiary/aromatic N) is 2. The van der Waals surface area contributed by atoms with E-state index in [4.69, 9.17) is 0 Å². The minimum absolute atomic E-state index is 0.00849. The van der Waals surface area contributed by atoms with Crippen molar-refractivity contribution in [2.45, 2.75) is 47.1 Å². The normalized spacial score (nSPS) is 12.8. The SMILES string of the molecule is CCC(=O)C(Nc1ncc(C)cc1[N+](=O)[O-])C(C)(C)C. The largest absolute Gasteiger partial charge is 0.354 e. The van der Waals surface area contributed by atoms with E-state index in [2.05, 4.69) is 10.3 Å². The Balaban J connectivity index is 3.18. The molecule has 6 nitrogen and oxygen atoms in total. The molecule has 1 aromatic rings. The number of nitrogens with one attached hydrogen (secondary N) is 1. The van der Waals surface area contributed by atoms with Gasteiger partial charge in [-0.25, -0.2) is 4.98 Å². The second-order valence-electron chi connectivity index (χ2n) is 5.90. The molecule has 0 saturated heterocycles. The summed E-state index contributed by atoms with van der Waals surface area (Å²) in [6.07, 6.45) is 1.92. The Labute approximate surface area is 118 Å². The summed E-state index contributed by atoms with van der Waals surface area (Å²) < 4.78 is 0. The molecule has 6 heteroatoms. The Hall–Kier alpha value is -1.98. The van der Waals surface area contributed by atoms with Crippen LogP contribution in [-0.2, 0) is 4.79 Å². The monoisotopic (exact) mass is 279 g/mol. The molecular formula is C14H21N3O3. The number of ketones is 1. The summed E-state index contributed by atoms with van der Waals surface area (Å²) in [6.45, 7) is 9.26. The molecule has 0 radical (unpaired) electrons. The standard InChI is InChI=1S/C14H21N3O3/c1-6-11(18)12(14(3,4)5)16-13-10(17(19)20)7-9(2)8-15-13/h7-8,12H,6H2,1-5H3,(H,15,16). The van der Waals surface area contributed by atoms with Gasteiger partial charge in [0, 0.05) is 18.7 Å². The molecule has 0 bridgehead atoms. The van der Waals surface area contributed by atoms with Crippen LogP contribution in [0, 0.1) is 22.5 Å². The molecule has 1 heterocycles. The van der Waals surface area contributed by atoms with Crippen LogP contribution in [0.4, 0.5) is 11.5 Å². The van der Waals surface area contributed by atoms with Crippen molar-refractivity contribution in [3.8, 4) is 0 Å². The summed E-state index contributed by atoms with van der Waals surface area (Å²) in [4.78, 5) is 26.7. The minimum Gasteiger partial charge on any atom is -0.354 e. The molecule has 0 aliphatic heterocycles. The van der Waals surface area contributed by atoms with Gasteiger partial charge in [-0.05, 0) is 17.9 Å². The molecule has 1 aromatic heterocycles. The molecule has 0 fully saturated rings. The van der Waals surface area contributed by atoms with Crippen LogP contribution < -0.4 is 5.32 Å². The lowest BCUT2D eigenvalue weighted by molar-refractivity contribution is -0.384. The molecule has 0 spiro atoms. The van der Waals surface area contributed by atoms with Crippen molar-refractivity contribution < 1.29 is 9.72 Å². The second kappa shape index (κ2) is 5.98. The van der Waals surface area contributed by atoms with Gasteiger partial charge >= 0.3 is 5.69 Å². The smallest absolute Gasteiger partial charge is 0.311 e. The zero-order valence-corrected chi connectivity index (χ0v) is 12.6. The number of Topliss-reactive ketones (excluding diaryl/α,β-unsaturated/α-hetero) is 1. The van der Waals surface area contributed by atoms with Crippen LogP contribution in [0.15, 0.2) is 12.3 Å². The molecule has 0 aliphatic rings. The summed E-state index contributed by atoms with van der Waals surface area (Å²) in [5.41, 5.74) is 0.243. The summed E-state index contributed by atoms with van der Waals surface area (Å²) in [6, 6.07) is 0.937. The predicted octanol–water partition coefficient (Wildman–Crippen LogP) is 3.10. The number of aromatic nitrogens is 1. The summed E-state index contributed by atoms with van der Waals surface area (Å²) in [7, 11) is 0. The second-order valence-corrected chi connectivity index (χ2v) is 5.90. The number of carbonyl (C=O) groups is 1. The number of pyridine rings is 1. The molecule has 1 rings (SSSR count). The zero-order valence-electron chi connectivity index (χ0n) is 12.6. The maximum Gasteiger partial charge on any atom is 0.311 e. The number of carbonyl (C=O) groups excluding carboxylic acids is 1. The highest BCUT2D eigenvalue weighted by Gasteiger charge is 2.32. The van der Waals surface area contributed by atoms with E-state index in [1.807, 2.05) is 20.8 Å². The lowest BCUT2D eigenvalue weighted by Crippen LogP contribution is -2.41. The van der Waals surface area contributed by atoms with E-state index in [-0.39, 0.29) is 22.7 Å². The number of hydrogen-bond donors (Lipinski definition) is 1. The first-order valence-electron chi connectivity index (χ1n) is 6.57. The van der Waals surface area contributed by atoms with Crippen molar-refractivity contribution in [3.05, 3.63) is 27.9 Å². The third-order valence-corrected chi connectivity index (χ3v) is 3.02. The minimum atomic E-state index is -0.513. The summed E-state index contributed by atoms with van der Waals surface area (Å²) in [5, 5.41) is 14.0. The highest BCUT2D eigenvalue weighted by molar-refractivity contribution is 5.87. The van der Waals surface area contributed by atoms with Gasteiger partial charge < -0.3 is 5.32 Å². The van der Waals surface area contributed by atoms with Crippen molar-refractivity contribution in [2.75, 3.05) is 5.32 Å². The highest BCUT2D eigenvalue weighted by atomic mass is 16.6. The van der Waals surface area contributed by atoms with Gasteiger partial charge in [0.15, 0.2) is 5.78 Å². The van der Waals surface area contributed by atoms with Gasteiger partial charge in [0.2, 0.25) is 5.82 Å². The maximum absolute atomic E-state index is 12.1. The fourth-order valence-corrected chi connectivity index (χ4v) is 1.92. The Morgan fingerprint density at radius 3 is 2.55 bits per heavy atom. The van der Waals surface area contributed by atoms with Gasteiger partial charge in [0.1, 0.15) is 0 Å². The summed E-state index contributed by atoms with van der Waals surface area (Å²) in [5.74, 6) is 0.150. The first-order chi connectivity index (χ1) is 9.16. The maximum atomic E-state index is 12.1. The van der Waals surface area contributed by atoms with Gasteiger partial charge in [-0.15, -0.1) is 0 Å². The third kappa shape index (κ3) is 3.76. The van der Waals surface area contributed by atoms with Crippen LogP contribution in [-0.4, -0.2) is 21.7 Å². The fraction of sp³-hybridized carbons (Fsp3) is 0.571. The van der Waals surface area contributed by atoms with Crippen molar-refractivity contribution in [3.63, 3.8) is 0 Å². The van der Waals surface area contributed by atoms with E-state index in [1.165, 1.54) is 6.07 Å². The average molecular weight is 279 g/mol. The van der Waals surface area contributed by atoms with Crippen LogP contribution in [0.1, 0.15) is 39.7 Å². The van der Waals surface area contributed by atoms with Crippen molar-refractivity contribution in [2.24, 2.45) is 5.41 Å². The molecule has 0 aromatic carbocycles. The van der Waals surface area contributed by atoms with E-state index in [1.54, 1.807) is 20.0 Å². The molecule has 1 N–H and O–H groups in total. The number of aryl methyl sites for hydroxylation is 1. The predicted molar refractivity (Wildman–Crippen MR) is 77.8 cm³/mol. The Kier molecular flexibility index (Phi) is 4.81. The molecule has 1 unspecified atom stereocenters. The first kappa shape index (κ1) is 16.1. The van der Waals surface area contributed by atoms with Crippen LogP contribution in [0.25, 0.3) is 0 Å². The van der Waals surface area contributed by atoms with E-state index >= 15 is 0 Å². The molecule has 20 heavy (non-hydrogen) atoms. The van der Waals surface area contributed by atoms with Gasteiger partial charge in [0.25, 0.3) is 0 Å². The van der Waals surface area contributed by atoms with Gasteiger partial charge in [-0.1, -0.05) is 27.7 Å². The molecule has 0 aliphatic carbocycles. The van der Waals surface area contributed by atoms with E-state index in [0.717, 1.165) is 0 Å². The van der Waals surface area contributed by atoms with Crippen LogP contribution in [0.3, 0.4) is 0 Å². The Morgan fingerprint density at radius 2 is 2.10 bits per heavy atom. The lowest BCUT2D eigenvalue weighted by atomic mass is 9.83. The van der Waals surface area contributed by atoms with Crippen molar-refractivity contribution in [1.29, 1.82) is 0 Å². The Bertz CT molecular complexity index is 521. The van der Waals surface area contributed by atoms with Crippen LogP contribution >= 0.6 is 0 Å². The number of anilines is 1. The lowest BCUT2D eigenvalue weighted by Gasteiger charge is -2.30. The van der Waals surface area contributed by atoms with Gasteiger partial charge in [-0.3, -0.25) is 14.9 Å². The van der Waals surface area contributed by atoms with E-state index in [9.17, 15) is 14.9 Å². The topological polar surface area (TPSA) is 85.1 Å². The average Bonchev–Trinajstić information content (AvgIpc) is 2.34. The number of nitro groups is 1. The van der Waals surface area contributed by atoms with Crippen molar-refractivity contribution in [1.82, 2.24) is 4.98 Å². The molecule has 1 atom stereocenters. The van der Waals surface area contributed by atoms with E-state index in [0.29, 0.717) is 12.0 Å². The highest BCUT2D eigenvalue weighted by Crippen LogP contribution is 2.29. The molecule has 0 amide bonds. The van der Waals surface area contributed by atoms with Crippen molar-refractivity contribution >= 4 is 17.3 Å². The zero-order chi connectivity index (χ0) is 15.5. The third-order valence-electron chi connectivity index (χ3n) is 3.02. The first-order valence-corrected chi connectivity index (χ1v) is 6.57.